The van der Waals surface area contributed by atoms with E-state index < -0.39 is 0 Å². The second kappa shape index (κ2) is 7.56. The first-order chi connectivity index (χ1) is 5.68. The first-order valence-electron chi connectivity index (χ1n) is 4.89. The predicted molar refractivity (Wildman–Crippen MR) is 54.7 cm³/mol. The Kier molecular flexibility index (Phi) is 7.51. The van der Waals surface area contributed by atoms with Crippen LogP contribution in [0.2, 0.25) is 0 Å². The van der Waals surface area contributed by atoms with E-state index in [1.807, 2.05) is 14.1 Å². The summed E-state index contributed by atoms with van der Waals surface area (Å²) in [5.74, 6) is 0. The van der Waals surface area contributed by atoms with E-state index in [2.05, 4.69) is 11.8 Å². The van der Waals surface area contributed by atoms with Gasteiger partial charge < -0.3 is 5.73 Å². The molecule has 73 valence electrons. The first kappa shape index (κ1) is 11.9. The van der Waals surface area contributed by atoms with Gasteiger partial charge in [0.1, 0.15) is 0 Å². The highest BCUT2D eigenvalue weighted by Crippen LogP contribution is 2.06. The minimum atomic E-state index is 0.241. The Morgan fingerprint density at radius 3 is 2.25 bits per heavy atom. The average molecular weight is 171 g/mol. The third-order valence-electron chi connectivity index (χ3n) is 2.16. The molecule has 0 saturated heterocycles. The summed E-state index contributed by atoms with van der Waals surface area (Å²) in [6, 6.07) is 0. The Balaban J connectivity index is 3.08. The standard InChI is InChI=1S/C10H23N2/c1-4-5-6-7-8-9-10(11)12(2)3/h10H,1,4-9,11H2,2-3H3. The van der Waals surface area contributed by atoms with Crippen LogP contribution in [-0.4, -0.2) is 25.2 Å². The van der Waals surface area contributed by atoms with Gasteiger partial charge in [-0.2, -0.15) is 0 Å². The molecule has 0 aromatic heterocycles. The summed E-state index contributed by atoms with van der Waals surface area (Å²) in [6.07, 6.45) is 7.55. The molecule has 12 heavy (non-hydrogen) atoms. The molecule has 2 heteroatoms. The fourth-order valence-corrected chi connectivity index (χ4v) is 1.14. The minimum absolute atomic E-state index is 0.241. The van der Waals surface area contributed by atoms with E-state index in [0.29, 0.717) is 0 Å². The van der Waals surface area contributed by atoms with Crippen molar-refractivity contribution in [1.29, 1.82) is 0 Å². The fourth-order valence-electron chi connectivity index (χ4n) is 1.14. The molecule has 0 fully saturated rings. The summed E-state index contributed by atoms with van der Waals surface area (Å²) >= 11 is 0. The average Bonchev–Trinajstić information content (AvgIpc) is 2.03. The zero-order valence-corrected chi connectivity index (χ0v) is 8.55. The maximum Gasteiger partial charge on any atom is 0.0566 e. The van der Waals surface area contributed by atoms with Gasteiger partial charge in [-0.3, -0.25) is 4.90 Å². The van der Waals surface area contributed by atoms with Gasteiger partial charge in [0.2, 0.25) is 0 Å². The fraction of sp³-hybridized carbons (Fsp3) is 0.900. The lowest BCUT2D eigenvalue weighted by Crippen LogP contribution is -2.35. The van der Waals surface area contributed by atoms with Crippen LogP contribution in [0.15, 0.2) is 0 Å². The highest BCUT2D eigenvalue weighted by molar-refractivity contribution is 4.57. The maximum atomic E-state index is 5.84. The number of hydrogen-bond donors (Lipinski definition) is 1. The number of nitrogens with two attached hydrogens (primary N) is 1. The summed E-state index contributed by atoms with van der Waals surface area (Å²) < 4.78 is 0. The Morgan fingerprint density at radius 1 is 1.17 bits per heavy atom. The second-order valence-corrected chi connectivity index (χ2v) is 3.59. The van der Waals surface area contributed by atoms with Crippen molar-refractivity contribution in [3.8, 4) is 0 Å². The molecule has 0 bridgehead atoms. The highest BCUT2D eigenvalue weighted by atomic mass is 15.2. The van der Waals surface area contributed by atoms with Crippen molar-refractivity contribution < 1.29 is 0 Å². The van der Waals surface area contributed by atoms with Gasteiger partial charge in [0.25, 0.3) is 0 Å². The Bertz CT molecular complexity index is 91.8. The largest absolute Gasteiger partial charge is 0.316 e. The number of nitrogens with zero attached hydrogens (tertiary/aromatic N) is 1. The molecule has 2 N–H and O–H groups in total. The van der Waals surface area contributed by atoms with E-state index in [1.165, 1.54) is 25.7 Å². The van der Waals surface area contributed by atoms with Crippen LogP contribution in [0.5, 0.6) is 0 Å². The molecule has 0 amide bonds. The smallest absolute Gasteiger partial charge is 0.0566 e. The van der Waals surface area contributed by atoms with E-state index in [4.69, 9.17) is 5.73 Å². The van der Waals surface area contributed by atoms with Crippen molar-refractivity contribution in [3.05, 3.63) is 6.92 Å². The molecule has 0 spiro atoms. The quantitative estimate of drug-likeness (QED) is 0.469. The molecule has 0 aliphatic carbocycles. The molecule has 0 aromatic carbocycles. The van der Waals surface area contributed by atoms with Gasteiger partial charge in [0.15, 0.2) is 0 Å². The lowest BCUT2D eigenvalue weighted by molar-refractivity contribution is 0.278. The lowest BCUT2D eigenvalue weighted by atomic mass is 10.1. The molecule has 0 rings (SSSR count). The number of unbranched alkanes of at least 4 members (excludes halogenated alkanes) is 4. The van der Waals surface area contributed by atoms with Crippen LogP contribution < -0.4 is 5.73 Å². The SMILES string of the molecule is [CH2]CCCCCCC(N)N(C)C. The number of hydrogen-bond acceptors (Lipinski definition) is 2. The third kappa shape index (κ3) is 6.62. The number of rotatable bonds is 7. The second-order valence-electron chi connectivity index (χ2n) is 3.59. The van der Waals surface area contributed by atoms with Gasteiger partial charge in [-0.1, -0.05) is 39.0 Å². The molecule has 1 unspecified atom stereocenters. The van der Waals surface area contributed by atoms with Crippen LogP contribution in [0.25, 0.3) is 0 Å². The van der Waals surface area contributed by atoms with Crippen LogP contribution in [0.4, 0.5) is 0 Å². The van der Waals surface area contributed by atoms with Gasteiger partial charge in [-0.15, -0.1) is 0 Å². The lowest BCUT2D eigenvalue weighted by Gasteiger charge is -2.19. The Labute approximate surface area is 77.1 Å². The molecule has 1 radical (unpaired) electrons. The molecular formula is C10H23N2. The monoisotopic (exact) mass is 171 g/mol. The van der Waals surface area contributed by atoms with E-state index in [9.17, 15) is 0 Å². The molecular weight excluding hydrogens is 148 g/mol. The van der Waals surface area contributed by atoms with E-state index in [0.717, 1.165) is 12.8 Å². The molecule has 0 heterocycles. The Hall–Kier alpha value is -0.0800. The van der Waals surface area contributed by atoms with Crippen molar-refractivity contribution in [2.45, 2.75) is 44.7 Å². The zero-order chi connectivity index (χ0) is 9.40. The summed E-state index contributed by atoms with van der Waals surface area (Å²) in [6.45, 7) is 3.81. The molecule has 0 aliphatic heterocycles. The topological polar surface area (TPSA) is 29.3 Å². The van der Waals surface area contributed by atoms with Gasteiger partial charge >= 0.3 is 0 Å². The van der Waals surface area contributed by atoms with E-state index in [1.54, 1.807) is 0 Å². The van der Waals surface area contributed by atoms with Crippen LogP contribution in [-0.2, 0) is 0 Å². The van der Waals surface area contributed by atoms with Crippen molar-refractivity contribution in [2.75, 3.05) is 14.1 Å². The van der Waals surface area contributed by atoms with Crippen molar-refractivity contribution >= 4 is 0 Å². The molecule has 2 nitrogen and oxygen atoms in total. The van der Waals surface area contributed by atoms with Gasteiger partial charge in [0.05, 0.1) is 6.17 Å². The summed E-state index contributed by atoms with van der Waals surface area (Å²) in [7, 11) is 4.06. The van der Waals surface area contributed by atoms with Crippen molar-refractivity contribution in [3.63, 3.8) is 0 Å². The molecule has 0 aromatic rings. The third-order valence-corrected chi connectivity index (χ3v) is 2.16. The molecule has 1 atom stereocenters. The molecule has 0 saturated carbocycles. The molecule has 0 aliphatic rings. The van der Waals surface area contributed by atoms with Crippen LogP contribution in [0, 0.1) is 6.92 Å². The van der Waals surface area contributed by atoms with Crippen LogP contribution in [0.1, 0.15) is 38.5 Å². The van der Waals surface area contributed by atoms with E-state index in [-0.39, 0.29) is 6.17 Å². The highest BCUT2D eigenvalue weighted by Gasteiger charge is 2.02. The van der Waals surface area contributed by atoms with Gasteiger partial charge in [-0.25, -0.2) is 0 Å². The van der Waals surface area contributed by atoms with Crippen molar-refractivity contribution in [1.82, 2.24) is 4.90 Å². The van der Waals surface area contributed by atoms with Crippen LogP contribution >= 0.6 is 0 Å². The van der Waals surface area contributed by atoms with Crippen LogP contribution in [0.3, 0.4) is 0 Å². The van der Waals surface area contributed by atoms with Gasteiger partial charge in [0, 0.05) is 0 Å². The van der Waals surface area contributed by atoms with E-state index >= 15 is 0 Å². The summed E-state index contributed by atoms with van der Waals surface area (Å²) in [5.41, 5.74) is 5.84. The predicted octanol–water partition coefficient (Wildman–Crippen LogP) is 2.01. The minimum Gasteiger partial charge on any atom is -0.316 e. The maximum absolute atomic E-state index is 5.84. The zero-order valence-electron chi connectivity index (χ0n) is 8.55. The Morgan fingerprint density at radius 2 is 1.75 bits per heavy atom. The summed E-state index contributed by atoms with van der Waals surface area (Å²) in [5, 5.41) is 0. The normalized spacial score (nSPS) is 13.8. The van der Waals surface area contributed by atoms with Crippen molar-refractivity contribution in [2.24, 2.45) is 5.73 Å². The first-order valence-corrected chi connectivity index (χ1v) is 4.89. The summed E-state index contributed by atoms with van der Waals surface area (Å²) in [4.78, 5) is 2.07. The van der Waals surface area contributed by atoms with Gasteiger partial charge in [-0.05, 0) is 20.5 Å².